The van der Waals surface area contributed by atoms with Crippen molar-refractivity contribution in [3.05, 3.63) is 93.9 Å². The zero-order valence-corrected chi connectivity index (χ0v) is 23.4. The van der Waals surface area contributed by atoms with Crippen molar-refractivity contribution in [1.82, 2.24) is 0 Å². The number of hydrogen-bond donors (Lipinski definition) is 0. The van der Waals surface area contributed by atoms with Crippen molar-refractivity contribution in [2.24, 2.45) is 11.3 Å². The van der Waals surface area contributed by atoms with Gasteiger partial charge in [0.15, 0.2) is 0 Å². The summed E-state index contributed by atoms with van der Waals surface area (Å²) < 4.78 is 14.1. The van der Waals surface area contributed by atoms with E-state index in [4.69, 9.17) is 0 Å². The highest BCUT2D eigenvalue weighted by Gasteiger charge is 2.54. The minimum atomic E-state index is -0.152. The number of thiophene rings is 1. The van der Waals surface area contributed by atoms with Crippen molar-refractivity contribution in [3.8, 4) is 0 Å². The Morgan fingerprint density at radius 2 is 1.34 bits per heavy atom. The van der Waals surface area contributed by atoms with Crippen molar-refractivity contribution in [2.45, 2.75) is 96.3 Å². The summed E-state index contributed by atoms with van der Waals surface area (Å²) in [4.78, 5) is 1.43. The lowest BCUT2D eigenvalue weighted by Gasteiger charge is -2.56. The summed E-state index contributed by atoms with van der Waals surface area (Å²) in [6.45, 7) is 14.7. The van der Waals surface area contributed by atoms with Gasteiger partial charge in [-0.3, -0.25) is 0 Å². The molecule has 188 valence electrons. The van der Waals surface area contributed by atoms with Gasteiger partial charge in [-0.15, -0.1) is 11.3 Å². The van der Waals surface area contributed by atoms with Gasteiger partial charge in [-0.05, 0) is 88.0 Å². The molecular formula is C33H43FS. The summed E-state index contributed by atoms with van der Waals surface area (Å²) in [5, 5.41) is 2.20. The van der Waals surface area contributed by atoms with E-state index in [0.717, 1.165) is 12.8 Å². The van der Waals surface area contributed by atoms with Crippen molar-refractivity contribution >= 4 is 11.3 Å². The molecule has 0 amide bonds. The Bertz CT molecular complexity index is 1070. The lowest BCUT2D eigenvalue weighted by atomic mass is 9.48. The van der Waals surface area contributed by atoms with Crippen LogP contribution in [-0.4, -0.2) is 0 Å². The van der Waals surface area contributed by atoms with Gasteiger partial charge >= 0.3 is 0 Å². The van der Waals surface area contributed by atoms with E-state index in [1.165, 1.54) is 41.7 Å². The average Bonchev–Trinajstić information content (AvgIpc) is 3.54. The Labute approximate surface area is 217 Å². The Kier molecular flexibility index (Phi) is 7.36. The van der Waals surface area contributed by atoms with E-state index < -0.39 is 0 Å². The summed E-state index contributed by atoms with van der Waals surface area (Å²) in [5.74, 6) is 0.500. The smallest absolute Gasteiger partial charge is 0.123 e. The first-order valence-corrected chi connectivity index (χ1v) is 14.2. The lowest BCUT2D eigenvalue weighted by molar-refractivity contribution is 0.0196. The molecule has 0 aliphatic heterocycles. The molecule has 0 spiro atoms. The molecule has 2 unspecified atom stereocenters. The van der Waals surface area contributed by atoms with E-state index in [1.807, 2.05) is 11.3 Å². The number of benzene rings is 2. The zero-order valence-electron chi connectivity index (χ0n) is 22.5. The molecule has 2 aromatic carbocycles. The van der Waals surface area contributed by atoms with Gasteiger partial charge in [-0.2, -0.15) is 0 Å². The van der Waals surface area contributed by atoms with Crippen LogP contribution in [-0.2, 0) is 16.2 Å². The highest BCUT2D eigenvalue weighted by molar-refractivity contribution is 7.10. The Balaban J connectivity index is 1.86. The van der Waals surface area contributed by atoms with E-state index in [0.29, 0.717) is 5.92 Å². The number of rotatable bonds is 9. The van der Waals surface area contributed by atoms with Gasteiger partial charge in [0.05, 0.1) is 0 Å². The fourth-order valence-corrected chi connectivity index (χ4v) is 8.20. The molecule has 3 aromatic rings. The Morgan fingerprint density at radius 3 is 1.91 bits per heavy atom. The van der Waals surface area contributed by atoms with Gasteiger partial charge in [0, 0.05) is 4.88 Å². The first-order valence-electron chi connectivity index (χ1n) is 13.3. The molecule has 0 N–H and O–H groups in total. The molecular weight excluding hydrogens is 447 g/mol. The SMILES string of the molecule is CC(C)(CC(C)(C1CCCC1)C(C)(CC(C)(C)c1cccs1)c1ccc(F)cc1)c1ccccc1. The van der Waals surface area contributed by atoms with Crippen molar-refractivity contribution < 1.29 is 4.39 Å². The molecule has 1 aliphatic carbocycles. The van der Waals surface area contributed by atoms with Crippen LogP contribution < -0.4 is 0 Å². The van der Waals surface area contributed by atoms with Crippen molar-refractivity contribution in [1.29, 1.82) is 0 Å². The first kappa shape index (κ1) is 26.1. The molecule has 1 aromatic heterocycles. The highest BCUT2D eigenvalue weighted by atomic mass is 32.1. The van der Waals surface area contributed by atoms with Crippen LogP contribution in [0.1, 0.15) is 96.1 Å². The summed E-state index contributed by atoms with van der Waals surface area (Å²) in [5.41, 5.74) is 2.68. The molecule has 1 aliphatic rings. The van der Waals surface area contributed by atoms with Crippen molar-refractivity contribution in [2.75, 3.05) is 0 Å². The predicted molar refractivity (Wildman–Crippen MR) is 150 cm³/mol. The van der Waals surface area contributed by atoms with E-state index >= 15 is 0 Å². The normalized spacial score (nSPS) is 18.8. The largest absolute Gasteiger partial charge is 0.207 e. The summed E-state index contributed by atoms with van der Waals surface area (Å²) in [6, 6.07) is 23.0. The van der Waals surface area contributed by atoms with Crippen LogP contribution in [0.2, 0.25) is 0 Å². The van der Waals surface area contributed by atoms with Crippen LogP contribution in [0.5, 0.6) is 0 Å². The maximum Gasteiger partial charge on any atom is 0.123 e. The second-order valence-corrected chi connectivity index (χ2v) is 13.7. The minimum absolute atomic E-state index is 0.0219. The minimum Gasteiger partial charge on any atom is -0.207 e. The van der Waals surface area contributed by atoms with Gasteiger partial charge in [0.1, 0.15) is 5.82 Å². The monoisotopic (exact) mass is 490 g/mol. The van der Waals surface area contributed by atoms with E-state index in [1.54, 1.807) is 12.1 Å². The van der Waals surface area contributed by atoms with Crippen molar-refractivity contribution in [3.63, 3.8) is 0 Å². The molecule has 2 heteroatoms. The maximum absolute atomic E-state index is 14.1. The third kappa shape index (κ3) is 5.15. The Morgan fingerprint density at radius 1 is 0.714 bits per heavy atom. The standard InChI is InChI=1S/C33H43FS/c1-30(2,25-13-8-7-9-14-25)23-32(5,26-15-10-11-16-26)33(6,27-18-20-28(34)21-19-27)24-31(3,4)29-17-12-22-35-29/h7-9,12-14,17-22,26H,10-11,15-16,23-24H2,1-6H3. The molecule has 1 fully saturated rings. The zero-order chi connectivity index (χ0) is 25.3. The highest BCUT2D eigenvalue weighted by Crippen LogP contribution is 2.61. The van der Waals surface area contributed by atoms with Gasteiger partial charge in [0.25, 0.3) is 0 Å². The molecule has 1 heterocycles. The fourth-order valence-electron chi connectivity index (χ4n) is 7.35. The molecule has 0 bridgehead atoms. The van der Waals surface area contributed by atoms with Gasteiger partial charge in [0.2, 0.25) is 0 Å². The van der Waals surface area contributed by atoms with E-state index in [9.17, 15) is 4.39 Å². The second-order valence-electron chi connectivity index (χ2n) is 12.7. The molecule has 0 nitrogen and oxygen atoms in total. The second kappa shape index (κ2) is 9.85. The third-order valence-electron chi connectivity index (χ3n) is 9.35. The predicted octanol–water partition coefficient (Wildman–Crippen LogP) is 10.1. The average molecular weight is 491 g/mol. The number of hydrogen-bond acceptors (Lipinski definition) is 1. The topological polar surface area (TPSA) is 0 Å². The van der Waals surface area contributed by atoms with Crippen LogP contribution in [0, 0.1) is 17.2 Å². The summed E-state index contributed by atoms with van der Waals surface area (Å²) in [6.07, 6.45) is 7.35. The lowest BCUT2D eigenvalue weighted by Crippen LogP contribution is -2.51. The third-order valence-corrected chi connectivity index (χ3v) is 10.6. The summed E-state index contributed by atoms with van der Waals surface area (Å²) >= 11 is 1.86. The van der Waals surface area contributed by atoms with Crippen LogP contribution in [0.15, 0.2) is 72.1 Å². The van der Waals surface area contributed by atoms with E-state index in [2.05, 4.69) is 102 Å². The van der Waals surface area contributed by atoms with Crippen LogP contribution in [0.4, 0.5) is 4.39 Å². The molecule has 2 atom stereocenters. The molecule has 4 rings (SSSR count). The summed E-state index contributed by atoms with van der Waals surface area (Å²) in [7, 11) is 0. The molecule has 0 radical (unpaired) electrons. The molecule has 35 heavy (non-hydrogen) atoms. The Hall–Kier alpha value is -1.93. The quantitative estimate of drug-likeness (QED) is 0.280. The first-order chi connectivity index (χ1) is 16.5. The van der Waals surface area contributed by atoms with Crippen LogP contribution in [0.25, 0.3) is 0 Å². The number of halogens is 1. The van der Waals surface area contributed by atoms with Crippen LogP contribution in [0.3, 0.4) is 0 Å². The molecule has 0 saturated heterocycles. The maximum atomic E-state index is 14.1. The fraction of sp³-hybridized carbons (Fsp3) is 0.515. The van der Waals surface area contributed by atoms with E-state index in [-0.39, 0.29) is 27.5 Å². The van der Waals surface area contributed by atoms with Gasteiger partial charge < -0.3 is 0 Å². The van der Waals surface area contributed by atoms with Crippen LogP contribution >= 0.6 is 11.3 Å². The van der Waals surface area contributed by atoms with Gasteiger partial charge in [-0.25, -0.2) is 4.39 Å². The van der Waals surface area contributed by atoms with Gasteiger partial charge in [-0.1, -0.05) is 103 Å². The molecule has 1 saturated carbocycles.